The molecule has 2 amide bonds. The third-order valence-corrected chi connectivity index (χ3v) is 4.41. The van der Waals surface area contributed by atoms with Gasteiger partial charge in [0.25, 0.3) is 0 Å². The molecule has 2 aliphatic rings. The van der Waals surface area contributed by atoms with Gasteiger partial charge in [-0.2, -0.15) is 0 Å². The number of piperidine rings is 2. The van der Waals surface area contributed by atoms with E-state index in [0.29, 0.717) is 12.0 Å². The normalized spacial score (nSPS) is 21.7. The lowest BCUT2D eigenvalue weighted by atomic mass is 9.97. The summed E-state index contributed by atoms with van der Waals surface area (Å²) in [4.78, 5) is 16.8. The van der Waals surface area contributed by atoms with Crippen LogP contribution in [0.25, 0.3) is 0 Å². The Morgan fingerprint density at radius 2 is 1.84 bits per heavy atom. The van der Waals surface area contributed by atoms with Crippen molar-refractivity contribution in [3.05, 3.63) is 0 Å². The second-order valence-corrected chi connectivity index (χ2v) is 6.27. The van der Waals surface area contributed by atoms with Crippen molar-refractivity contribution in [1.29, 1.82) is 0 Å². The van der Waals surface area contributed by atoms with Crippen molar-refractivity contribution in [2.45, 2.75) is 52.0 Å². The Kier molecular flexibility index (Phi) is 5.49. The van der Waals surface area contributed by atoms with Crippen LogP contribution in [0.5, 0.6) is 0 Å². The van der Waals surface area contributed by atoms with Crippen LogP contribution in [0.1, 0.15) is 46.0 Å². The first-order chi connectivity index (χ1) is 9.18. The first-order valence-electron chi connectivity index (χ1n) is 7.94. The predicted molar refractivity (Wildman–Crippen MR) is 78.3 cm³/mol. The molecule has 19 heavy (non-hydrogen) atoms. The summed E-state index contributed by atoms with van der Waals surface area (Å²) in [6.45, 7) is 9.34. The molecule has 0 aliphatic carbocycles. The molecule has 0 aromatic heterocycles. The smallest absolute Gasteiger partial charge is 0.320 e. The summed E-state index contributed by atoms with van der Waals surface area (Å²) in [6, 6.07) is 0.581. The molecule has 2 aliphatic heterocycles. The summed E-state index contributed by atoms with van der Waals surface area (Å²) in [6.07, 6.45) is 6.03. The lowest BCUT2D eigenvalue weighted by molar-refractivity contribution is 0.118. The number of nitrogens with one attached hydrogen (secondary N) is 1. The second kappa shape index (κ2) is 7.13. The van der Waals surface area contributed by atoms with Crippen molar-refractivity contribution in [2.24, 2.45) is 5.92 Å². The van der Waals surface area contributed by atoms with Crippen LogP contribution in [0, 0.1) is 5.92 Å². The molecule has 4 nitrogen and oxygen atoms in total. The highest BCUT2D eigenvalue weighted by Gasteiger charge is 2.27. The molecule has 0 aromatic carbocycles. The molecule has 0 atom stereocenters. The largest absolute Gasteiger partial charge is 0.325 e. The molecule has 2 rings (SSSR count). The zero-order valence-electron chi connectivity index (χ0n) is 12.5. The van der Waals surface area contributed by atoms with Gasteiger partial charge in [0.2, 0.25) is 0 Å². The summed E-state index contributed by atoms with van der Waals surface area (Å²) in [5.41, 5.74) is 0. The zero-order chi connectivity index (χ0) is 13.7. The van der Waals surface area contributed by atoms with Crippen LogP contribution in [0.2, 0.25) is 0 Å². The fourth-order valence-corrected chi connectivity index (χ4v) is 3.12. The van der Waals surface area contributed by atoms with Gasteiger partial charge < -0.3 is 15.1 Å². The highest BCUT2D eigenvalue weighted by molar-refractivity contribution is 5.74. The Hall–Kier alpha value is -0.770. The van der Waals surface area contributed by atoms with Crippen molar-refractivity contribution in [3.8, 4) is 0 Å². The number of hydrogen-bond acceptors (Lipinski definition) is 2. The van der Waals surface area contributed by atoms with Gasteiger partial charge in [-0.25, -0.2) is 4.79 Å². The summed E-state index contributed by atoms with van der Waals surface area (Å²) in [5.74, 6) is 0.678. The topological polar surface area (TPSA) is 35.6 Å². The molecule has 1 N–H and O–H groups in total. The van der Waals surface area contributed by atoms with Gasteiger partial charge in [-0.1, -0.05) is 0 Å². The minimum absolute atomic E-state index is 0.272. The number of carbonyl (C=O) groups is 1. The van der Waals surface area contributed by atoms with Crippen LogP contribution in [0.4, 0.5) is 4.79 Å². The molecule has 2 heterocycles. The zero-order valence-corrected chi connectivity index (χ0v) is 12.5. The van der Waals surface area contributed by atoms with Gasteiger partial charge in [0, 0.05) is 25.7 Å². The quantitative estimate of drug-likeness (QED) is 0.851. The Balaban J connectivity index is 1.91. The van der Waals surface area contributed by atoms with E-state index in [4.69, 9.17) is 0 Å². The maximum absolute atomic E-state index is 12.6. The van der Waals surface area contributed by atoms with Crippen LogP contribution >= 0.6 is 0 Å². The van der Waals surface area contributed by atoms with E-state index in [-0.39, 0.29) is 6.03 Å². The first-order valence-corrected chi connectivity index (χ1v) is 7.94. The molecular weight excluding hydrogens is 238 g/mol. The summed E-state index contributed by atoms with van der Waals surface area (Å²) < 4.78 is 0. The van der Waals surface area contributed by atoms with E-state index >= 15 is 0 Å². The van der Waals surface area contributed by atoms with E-state index in [1.807, 2.05) is 0 Å². The number of carbonyl (C=O) groups excluding carboxylic acids is 1. The molecule has 2 fully saturated rings. The standard InChI is InChI=1S/C15H29N3O/c1-13(2)18(12-14-6-8-16-9-7-14)15(19)17-10-4-3-5-11-17/h13-14,16H,3-12H2,1-2H3. The Labute approximate surface area is 117 Å². The van der Waals surface area contributed by atoms with E-state index in [1.54, 1.807) is 0 Å². The number of amides is 2. The van der Waals surface area contributed by atoms with Crippen LogP contribution in [-0.4, -0.2) is 54.6 Å². The highest BCUT2D eigenvalue weighted by atomic mass is 16.2. The van der Waals surface area contributed by atoms with Crippen LogP contribution < -0.4 is 5.32 Å². The summed E-state index contributed by atoms with van der Waals surface area (Å²) in [5, 5.41) is 3.40. The van der Waals surface area contributed by atoms with E-state index in [2.05, 4.69) is 29.0 Å². The van der Waals surface area contributed by atoms with Gasteiger partial charge in [0.1, 0.15) is 0 Å². The van der Waals surface area contributed by atoms with Crippen LogP contribution in [0.15, 0.2) is 0 Å². The maximum atomic E-state index is 12.6. The maximum Gasteiger partial charge on any atom is 0.320 e. The average Bonchev–Trinajstić information content (AvgIpc) is 2.46. The van der Waals surface area contributed by atoms with E-state index in [0.717, 1.165) is 32.7 Å². The Morgan fingerprint density at radius 1 is 1.21 bits per heavy atom. The minimum atomic E-state index is 0.272. The van der Waals surface area contributed by atoms with Gasteiger partial charge >= 0.3 is 6.03 Å². The summed E-state index contributed by atoms with van der Waals surface area (Å²) >= 11 is 0. The second-order valence-electron chi connectivity index (χ2n) is 6.27. The predicted octanol–water partition coefficient (Wildman–Crippen LogP) is 2.30. The first kappa shape index (κ1) is 14.6. The molecule has 0 unspecified atom stereocenters. The minimum Gasteiger partial charge on any atom is -0.325 e. The third-order valence-electron chi connectivity index (χ3n) is 4.41. The molecule has 0 spiro atoms. The van der Waals surface area contributed by atoms with Crippen molar-refractivity contribution >= 4 is 6.03 Å². The molecule has 2 saturated heterocycles. The third kappa shape index (κ3) is 4.10. The highest BCUT2D eigenvalue weighted by Crippen LogP contribution is 2.18. The number of likely N-dealkylation sites (tertiary alicyclic amines) is 1. The lowest BCUT2D eigenvalue weighted by Gasteiger charge is -2.38. The van der Waals surface area contributed by atoms with E-state index in [9.17, 15) is 4.79 Å². The van der Waals surface area contributed by atoms with Crippen LogP contribution in [0.3, 0.4) is 0 Å². The molecule has 0 radical (unpaired) electrons. The fraction of sp³-hybridized carbons (Fsp3) is 0.933. The lowest BCUT2D eigenvalue weighted by Crippen LogP contribution is -2.50. The van der Waals surface area contributed by atoms with Gasteiger partial charge in [-0.15, -0.1) is 0 Å². The van der Waals surface area contributed by atoms with Crippen molar-refractivity contribution < 1.29 is 4.79 Å². The van der Waals surface area contributed by atoms with Crippen molar-refractivity contribution in [2.75, 3.05) is 32.7 Å². The van der Waals surface area contributed by atoms with Gasteiger partial charge in [-0.3, -0.25) is 0 Å². The molecule has 110 valence electrons. The number of rotatable bonds is 3. The number of urea groups is 1. The molecule has 0 bridgehead atoms. The molecule has 0 aromatic rings. The fourth-order valence-electron chi connectivity index (χ4n) is 3.12. The van der Waals surface area contributed by atoms with Gasteiger partial charge in [0.15, 0.2) is 0 Å². The Morgan fingerprint density at radius 3 is 2.42 bits per heavy atom. The van der Waals surface area contributed by atoms with E-state index in [1.165, 1.54) is 32.1 Å². The molecule has 0 saturated carbocycles. The van der Waals surface area contributed by atoms with Gasteiger partial charge in [0.05, 0.1) is 0 Å². The van der Waals surface area contributed by atoms with Crippen LogP contribution in [-0.2, 0) is 0 Å². The SMILES string of the molecule is CC(C)N(CC1CCNCC1)C(=O)N1CCCCC1. The number of nitrogens with zero attached hydrogens (tertiary/aromatic N) is 2. The van der Waals surface area contributed by atoms with Crippen molar-refractivity contribution in [1.82, 2.24) is 15.1 Å². The molecular formula is C15H29N3O. The monoisotopic (exact) mass is 267 g/mol. The Bertz CT molecular complexity index is 281. The summed E-state index contributed by atoms with van der Waals surface area (Å²) in [7, 11) is 0. The number of hydrogen-bond donors (Lipinski definition) is 1. The van der Waals surface area contributed by atoms with Gasteiger partial charge in [-0.05, 0) is 65.0 Å². The molecule has 4 heteroatoms. The van der Waals surface area contributed by atoms with E-state index < -0.39 is 0 Å². The van der Waals surface area contributed by atoms with Crippen molar-refractivity contribution in [3.63, 3.8) is 0 Å². The average molecular weight is 267 g/mol.